The molecule has 0 atom stereocenters. The van der Waals surface area contributed by atoms with Gasteiger partial charge in [0, 0.05) is 33.3 Å². The van der Waals surface area contributed by atoms with Gasteiger partial charge < -0.3 is 9.13 Å². The summed E-state index contributed by atoms with van der Waals surface area (Å²) in [7, 11) is 0. The van der Waals surface area contributed by atoms with E-state index in [2.05, 4.69) is 228 Å². The van der Waals surface area contributed by atoms with Gasteiger partial charge in [-0.2, -0.15) is 0 Å². The molecule has 0 aliphatic carbocycles. The zero-order valence-corrected chi connectivity index (χ0v) is 29.7. The lowest BCUT2D eigenvalue weighted by Crippen LogP contribution is -1.99. The number of rotatable bonds is 7. The van der Waals surface area contributed by atoms with E-state index in [1.54, 1.807) is 0 Å². The zero-order chi connectivity index (χ0) is 35.8. The average molecular weight is 689 g/mol. The van der Waals surface area contributed by atoms with Crippen LogP contribution in [0, 0.1) is 0 Å². The molecule has 0 amide bonds. The predicted molar refractivity (Wildman–Crippen MR) is 227 cm³/mol. The standard InChI is InChI=1S/C52H36N2/c1-5-17-37(18-6-1)39-29-33-43(34-30-39)53-47-27-15-13-25-45(47)49(51(53)41-21-9-3-10-22-41)50-46-26-14-16-28-48(46)54(52(50)42-23-11-4-12-24-42)44-35-31-40(32-36-44)38-19-7-2-8-20-38/h1-36H. The van der Waals surface area contributed by atoms with Crippen molar-refractivity contribution in [1.29, 1.82) is 0 Å². The molecule has 0 bridgehead atoms. The molecule has 0 unspecified atom stereocenters. The molecule has 2 heteroatoms. The lowest BCUT2D eigenvalue weighted by Gasteiger charge is -2.16. The Morgan fingerprint density at radius 1 is 0.222 bits per heavy atom. The van der Waals surface area contributed by atoms with Crippen molar-refractivity contribution in [3.63, 3.8) is 0 Å². The van der Waals surface area contributed by atoms with Crippen molar-refractivity contribution in [2.24, 2.45) is 0 Å². The molecule has 0 radical (unpaired) electrons. The monoisotopic (exact) mass is 688 g/mol. The van der Waals surface area contributed by atoms with E-state index in [-0.39, 0.29) is 0 Å². The first-order valence-corrected chi connectivity index (χ1v) is 18.5. The van der Waals surface area contributed by atoms with E-state index in [0.29, 0.717) is 0 Å². The number of nitrogens with zero attached hydrogens (tertiary/aromatic N) is 2. The minimum Gasteiger partial charge on any atom is -0.309 e. The van der Waals surface area contributed by atoms with E-state index in [9.17, 15) is 0 Å². The highest BCUT2D eigenvalue weighted by Gasteiger charge is 2.28. The molecule has 0 saturated heterocycles. The molecule has 0 aliphatic heterocycles. The molecule has 8 aromatic carbocycles. The zero-order valence-electron chi connectivity index (χ0n) is 29.7. The molecule has 0 spiro atoms. The summed E-state index contributed by atoms with van der Waals surface area (Å²) in [4.78, 5) is 0. The van der Waals surface area contributed by atoms with Crippen LogP contribution >= 0.6 is 0 Å². The Morgan fingerprint density at radius 3 is 0.852 bits per heavy atom. The predicted octanol–water partition coefficient (Wildman–Crippen LogP) is 13.9. The molecule has 0 fully saturated rings. The normalized spacial score (nSPS) is 11.3. The van der Waals surface area contributed by atoms with Crippen molar-refractivity contribution in [3.8, 4) is 67.3 Å². The summed E-state index contributed by atoms with van der Waals surface area (Å²) in [5.41, 5.74) is 16.5. The van der Waals surface area contributed by atoms with E-state index < -0.39 is 0 Å². The van der Waals surface area contributed by atoms with E-state index in [4.69, 9.17) is 0 Å². The van der Waals surface area contributed by atoms with Gasteiger partial charge in [-0.3, -0.25) is 0 Å². The Labute approximate surface area is 315 Å². The second-order valence-corrected chi connectivity index (χ2v) is 13.7. The minimum atomic E-state index is 1.12. The van der Waals surface area contributed by atoms with Gasteiger partial charge >= 0.3 is 0 Å². The highest BCUT2D eigenvalue weighted by atomic mass is 15.0. The molecule has 254 valence electrons. The Hall–Kier alpha value is -7.16. The summed E-state index contributed by atoms with van der Waals surface area (Å²) in [5.74, 6) is 0. The number of hydrogen-bond donors (Lipinski definition) is 0. The van der Waals surface area contributed by atoms with Crippen LogP contribution in [0.25, 0.3) is 89.1 Å². The van der Waals surface area contributed by atoms with Crippen LogP contribution in [0.2, 0.25) is 0 Å². The first kappa shape index (κ1) is 31.6. The van der Waals surface area contributed by atoms with Crippen molar-refractivity contribution < 1.29 is 0 Å². The van der Waals surface area contributed by atoms with Gasteiger partial charge in [0.25, 0.3) is 0 Å². The number of fused-ring (bicyclic) bond motifs is 2. The molecular weight excluding hydrogens is 653 g/mol. The SMILES string of the molecule is c1ccc(-c2ccc(-n3c(-c4ccccc4)c(-c4c(-c5ccccc5)n(-c5ccc(-c6ccccc6)cc5)c5ccccc45)c4ccccc43)cc2)cc1. The van der Waals surface area contributed by atoms with E-state index in [0.717, 1.165) is 11.4 Å². The van der Waals surface area contributed by atoms with Gasteiger partial charge in [-0.25, -0.2) is 0 Å². The minimum absolute atomic E-state index is 1.12. The molecular formula is C52H36N2. The Morgan fingerprint density at radius 2 is 0.500 bits per heavy atom. The Bertz CT molecular complexity index is 2660. The summed E-state index contributed by atoms with van der Waals surface area (Å²) in [6.45, 7) is 0. The molecule has 2 heterocycles. The molecule has 10 rings (SSSR count). The van der Waals surface area contributed by atoms with Gasteiger partial charge in [-0.1, -0.05) is 182 Å². The molecule has 0 aliphatic rings. The summed E-state index contributed by atoms with van der Waals surface area (Å²) in [6, 6.07) is 78.8. The first-order valence-electron chi connectivity index (χ1n) is 18.5. The lowest BCUT2D eigenvalue weighted by molar-refractivity contribution is 1.13. The lowest BCUT2D eigenvalue weighted by atomic mass is 9.93. The maximum Gasteiger partial charge on any atom is 0.0620 e. The third-order valence-electron chi connectivity index (χ3n) is 10.6. The smallest absolute Gasteiger partial charge is 0.0620 e. The molecule has 0 N–H and O–H groups in total. The van der Waals surface area contributed by atoms with Gasteiger partial charge in [-0.15, -0.1) is 0 Å². The fraction of sp³-hybridized carbons (Fsp3) is 0. The third-order valence-corrected chi connectivity index (χ3v) is 10.6. The van der Waals surface area contributed by atoms with Gasteiger partial charge in [0.2, 0.25) is 0 Å². The van der Waals surface area contributed by atoms with Gasteiger partial charge in [0.05, 0.1) is 22.4 Å². The first-order chi connectivity index (χ1) is 26.8. The summed E-state index contributed by atoms with van der Waals surface area (Å²) >= 11 is 0. The van der Waals surface area contributed by atoms with Crippen molar-refractivity contribution in [2.75, 3.05) is 0 Å². The fourth-order valence-corrected chi connectivity index (χ4v) is 8.13. The third kappa shape index (κ3) is 5.36. The fourth-order valence-electron chi connectivity index (χ4n) is 8.13. The highest BCUT2D eigenvalue weighted by molar-refractivity contribution is 6.16. The van der Waals surface area contributed by atoms with Crippen molar-refractivity contribution in [3.05, 3.63) is 218 Å². The summed E-state index contributed by atoms with van der Waals surface area (Å²) in [5, 5.41) is 2.42. The molecule has 54 heavy (non-hydrogen) atoms. The highest BCUT2D eigenvalue weighted by Crippen LogP contribution is 2.50. The van der Waals surface area contributed by atoms with Crippen LogP contribution in [0.5, 0.6) is 0 Å². The van der Waals surface area contributed by atoms with E-state index >= 15 is 0 Å². The topological polar surface area (TPSA) is 9.86 Å². The number of benzene rings is 8. The number of para-hydroxylation sites is 2. The van der Waals surface area contributed by atoms with Crippen molar-refractivity contribution >= 4 is 21.8 Å². The maximum absolute atomic E-state index is 2.46. The quantitative estimate of drug-likeness (QED) is 0.158. The van der Waals surface area contributed by atoms with Crippen LogP contribution in [-0.2, 0) is 0 Å². The Kier molecular flexibility index (Phi) is 7.85. The van der Waals surface area contributed by atoms with Gasteiger partial charge in [-0.05, 0) is 69.8 Å². The maximum atomic E-state index is 2.46. The van der Waals surface area contributed by atoms with Gasteiger partial charge in [0.15, 0.2) is 0 Å². The summed E-state index contributed by atoms with van der Waals surface area (Å²) < 4.78 is 4.93. The summed E-state index contributed by atoms with van der Waals surface area (Å²) in [6.07, 6.45) is 0. The number of aromatic nitrogens is 2. The molecule has 2 aromatic heterocycles. The molecule has 10 aromatic rings. The second kappa shape index (κ2) is 13.4. The van der Waals surface area contributed by atoms with E-state index in [1.807, 2.05) is 0 Å². The van der Waals surface area contributed by atoms with Crippen molar-refractivity contribution in [2.45, 2.75) is 0 Å². The van der Waals surface area contributed by atoms with Crippen molar-refractivity contribution in [1.82, 2.24) is 9.13 Å². The van der Waals surface area contributed by atoms with Crippen LogP contribution in [-0.4, -0.2) is 9.13 Å². The van der Waals surface area contributed by atoms with Gasteiger partial charge in [0.1, 0.15) is 0 Å². The van der Waals surface area contributed by atoms with Crippen LogP contribution in [0.4, 0.5) is 0 Å². The Balaban J connectivity index is 1.29. The molecule has 2 nitrogen and oxygen atoms in total. The molecule has 0 saturated carbocycles. The number of hydrogen-bond acceptors (Lipinski definition) is 0. The van der Waals surface area contributed by atoms with Crippen LogP contribution < -0.4 is 0 Å². The second-order valence-electron chi connectivity index (χ2n) is 13.7. The van der Waals surface area contributed by atoms with Crippen LogP contribution in [0.3, 0.4) is 0 Å². The largest absolute Gasteiger partial charge is 0.309 e. The van der Waals surface area contributed by atoms with E-state index in [1.165, 1.54) is 77.7 Å². The van der Waals surface area contributed by atoms with Crippen LogP contribution in [0.15, 0.2) is 218 Å². The average Bonchev–Trinajstić information content (AvgIpc) is 3.78. The van der Waals surface area contributed by atoms with Crippen LogP contribution in [0.1, 0.15) is 0 Å².